The van der Waals surface area contributed by atoms with Gasteiger partial charge in [-0.3, -0.25) is 0 Å². The second-order valence-electron chi connectivity index (χ2n) is 5.96. The maximum absolute atomic E-state index is 12.0. The van der Waals surface area contributed by atoms with Crippen molar-refractivity contribution in [2.75, 3.05) is 19.0 Å². The molecule has 1 rings (SSSR count). The van der Waals surface area contributed by atoms with E-state index in [4.69, 9.17) is 4.74 Å². The predicted molar refractivity (Wildman–Crippen MR) is 75.5 cm³/mol. The summed E-state index contributed by atoms with van der Waals surface area (Å²) in [4.78, 5) is 0. The number of aliphatic hydroxyl groups excluding tert-OH is 1. The monoisotopic (exact) mass is 293 g/mol. The largest absolute Gasteiger partial charge is 0.394 e. The second-order valence-corrected chi connectivity index (χ2v) is 7.80. The van der Waals surface area contributed by atoms with Gasteiger partial charge in [-0.05, 0) is 45.4 Å². The fraction of sp³-hybridized carbons (Fsp3) is 1.00. The zero-order chi connectivity index (χ0) is 14.5. The van der Waals surface area contributed by atoms with Crippen molar-refractivity contribution in [2.24, 2.45) is 5.92 Å². The Bertz CT molecular complexity index is 359. The van der Waals surface area contributed by atoms with Crippen molar-refractivity contribution in [3.8, 4) is 0 Å². The van der Waals surface area contributed by atoms with Gasteiger partial charge in [0, 0.05) is 0 Å². The Kier molecular flexibility index (Phi) is 6.23. The Labute approximate surface area is 116 Å². The number of nitrogens with one attached hydrogen (secondary N) is 1. The molecule has 0 spiro atoms. The molecule has 0 aromatic rings. The summed E-state index contributed by atoms with van der Waals surface area (Å²) < 4.78 is 32.0. The molecule has 0 heterocycles. The highest BCUT2D eigenvalue weighted by Crippen LogP contribution is 2.32. The van der Waals surface area contributed by atoms with Gasteiger partial charge in [0.25, 0.3) is 0 Å². The Hall–Kier alpha value is -0.170. The van der Waals surface area contributed by atoms with Gasteiger partial charge in [0.2, 0.25) is 10.0 Å². The lowest BCUT2D eigenvalue weighted by molar-refractivity contribution is 0.0903. The number of sulfonamides is 1. The van der Waals surface area contributed by atoms with E-state index >= 15 is 0 Å². The Morgan fingerprint density at radius 3 is 2.42 bits per heavy atom. The molecule has 0 aliphatic heterocycles. The first-order valence-corrected chi connectivity index (χ1v) is 8.68. The topological polar surface area (TPSA) is 75.6 Å². The summed E-state index contributed by atoms with van der Waals surface area (Å²) in [6.07, 6.45) is 3.33. The maximum atomic E-state index is 12.0. The van der Waals surface area contributed by atoms with E-state index in [1.807, 2.05) is 13.8 Å². The Morgan fingerprint density at radius 1 is 1.37 bits per heavy atom. The molecular weight excluding hydrogens is 266 g/mol. The molecule has 0 unspecified atom stereocenters. The molecule has 0 aromatic heterocycles. The van der Waals surface area contributed by atoms with Gasteiger partial charge in [-0.25, -0.2) is 13.1 Å². The molecule has 0 amide bonds. The highest BCUT2D eigenvalue weighted by molar-refractivity contribution is 7.89. The molecule has 0 bridgehead atoms. The van der Waals surface area contributed by atoms with Crippen LogP contribution in [0.2, 0.25) is 0 Å². The molecule has 1 fully saturated rings. The first kappa shape index (κ1) is 16.9. The van der Waals surface area contributed by atoms with Crippen LogP contribution in [-0.2, 0) is 14.8 Å². The smallest absolute Gasteiger partial charge is 0.214 e. The summed E-state index contributed by atoms with van der Waals surface area (Å²) in [5.74, 6) is 0.552. The minimum Gasteiger partial charge on any atom is -0.394 e. The van der Waals surface area contributed by atoms with Crippen LogP contribution in [0.4, 0.5) is 0 Å². The van der Waals surface area contributed by atoms with Gasteiger partial charge in [0.15, 0.2) is 0 Å². The zero-order valence-corrected chi connectivity index (χ0v) is 13.0. The highest BCUT2D eigenvalue weighted by Gasteiger charge is 2.36. The molecule has 1 saturated carbocycles. The third-order valence-corrected chi connectivity index (χ3v) is 5.16. The molecule has 6 heteroatoms. The molecule has 2 N–H and O–H groups in total. The van der Waals surface area contributed by atoms with Gasteiger partial charge in [0.05, 0.1) is 30.6 Å². The van der Waals surface area contributed by atoms with Crippen LogP contribution in [0.15, 0.2) is 0 Å². The lowest BCUT2D eigenvalue weighted by atomic mass is 9.78. The van der Waals surface area contributed by atoms with Crippen molar-refractivity contribution in [3.05, 3.63) is 0 Å². The van der Waals surface area contributed by atoms with Crippen LogP contribution in [0.1, 0.15) is 46.5 Å². The van der Waals surface area contributed by atoms with Crippen LogP contribution in [0.3, 0.4) is 0 Å². The summed E-state index contributed by atoms with van der Waals surface area (Å²) in [6.45, 7) is 5.96. The number of rotatable bonds is 7. The molecule has 0 radical (unpaired) electrons. The van der Waals surface area contributed by atoms with E-state index in [9.17, 15) is 13.5 Å². The molecular formula is C13H27NO4S. The van der Waals surface area contributed by atoms with Crippen molar-refractivity contribution in [1.29, 1.82) is 0 Å². The van der Waals surface area contributed by atoms with Crippen LogP contribution in [0, 0.1) is 5.92 Å². The molecule has 0 atom stereocenters. The molecule has 0 aromatic carbocycles. The van der Waals surface area contributed by atoms with Crippen molar-refractivity contribution >= 4 is 10.0 Å². The zero-order valence-electron chi connectivity index (χ0n) is 12.2. The Morgan fingerprint density at radius 2 is 1.95 bits per heavy atom. The first-order chi connectivity index (χ1) is 8.79. The molecule has 5 nitrogen and oxygen atoms in total. The van der Waals surface area contributed by atoms with Crippen LogP contribution in [0.25, 0.3) is 0 Å². The van der Waals surface area contributed by atoms with Gasteiger partial charge in [-0.1, -0.05) is 6.92 Å². The van der Waals surface area contributed by atoms with Gasteiger partial charge in [-0.2, -0.15) is 0 Å². The van der Waals surface area contributed by atoms with E-state index in [0.29, 0.717) is 18.8 Å². The van der Waals surface area contributed by atoms with Crippen molar-refractivity contribution in [2.45, 2.75) is 58.1 Å². The average molecular weight is 293 g/mol. The third-order valence-electron chi connectivity index (χ3n) is 3.71. The minimum atomic E-state index is -3.40. The van der Waals surface area contributed by atoms with E-state index in [1.54, 1.807) is 0 Å². The summed E-state index contributed by atoms with van der Waals surface area (Å²) in [5, 5.41) is 9.55. The molecule has 1 aliphatic carbocycles. The molecule has 0 saturated heterocycles. The molecule has 114 valence electrons. The lowest BCUT2D eigenvalue weighted by Gasteiger charge is -2.38. The fourth-order valence-electron chi connectivity index (χ4n) is 2.38. The Balaban J connectivity index is 2.54. The highest BCUT2D eigenvalue weighted by atomic mass is 32.2. The first-order valence-electron chi connectivity index (χ1n) is 7.03. The quantitative estimate of drug-likeness (QED) is 0.741. The third kappa shape index (κ3) is 5.77. The fourth-order valence-corrected chi connectivity index (χ4v) is 3.73. The van der Waals surface area contributed by atoms with E-state index in [2.05, 4.69) is 11.6 Å². The number of ether oxygens (including phenoxy) is 1. The van der Waals surface area contributed by atoms with Gasteiger partial charge >= 0.3 is 0 Å². The van der Waals surface area contributed by atoms with Crippen molar-refractivity contribution in [1.82, 2.24) is 4.72 Å². The standard InChI is InChI=1S/C13H27NO4S/c1-11(2)18-8-9-19(16,17)14-13(10-15)6-4-12(3)5-7-13/h11-12,14-15H,4-10H2,1-3H3. The van der Waals surface area contributed by atoms with E-state index in [-0.39, 0.29) is 25.1 Å². The maximum Gasteiger partial charge on any atom is 0.214 e. The normalized spacial score (nSPS) is 28.8. The van der Waals surface area contributed by atoms with Crippen LogP contribution in [-0.4, -0.2) is 44.1 Å². The molecule has 19 heavy (non-hydrogen) atoms. The second kappa shape index (κ2) is 7.02. The lowest BCUT2D eigenvalue weighted by Crippen LogP contribution is -2.54. The minimum absolute atomic E-state index is 0.0255. The number of aliphatic hydroxyl groups is 1. The van der Waals surface area contributed by atoms with Gasteiger partial charge in [0.1, 0.15) is 0 Å². The van der Waals surface area contributed by atoms with E-state index in [0.717, 1.165) is 12.8 Å². The van der Waals surface area contributed by atoms with Crippen LogP contribution >= 0.6 is 0 Å². The van der Waals surface area contributed by atoms with Crippen molar-refractivity contribution < 1.29 is 18.3 Å². The van der Waals surface area contributed by atoms with E-state index < -0.39 is 15.6 Å². The SMILES string of the molecule is CC1CCC(CO)(NS(=O)(=O)CCOC(C)C)CC1. The predicted octanol–water partition coefficient (Wildman–Crippen LogP) is 1.27. The van der Waals surface area contributed by atoms with Crippen LogP contribution in [0.5, 0.6) is 0 Å². The average Bonchev–Trinajstić information content (AvgIpc) is 2.31. The van der Waals surface area contributed by atoms with Gasteiger partial charge < -0.3 is 9.84 Å². The molecule has 1 aliphatic rings. The summed E-state index contributed by atoms with van der Waals surface area (Å²) in [7, 11) is -3.40. The summed E-state index contributed by atoms with van der Waals surface area (Å²) in [5.41, 5.74) is -0.664. The van der Waals surface area contributed by atoms with E-state index in [1.165, 1.54) is 0 Å². The summed E-state index contributed by atoms with van der Waals surface area (Å²) >= 11 is 0. The number of hydrogen-bond acceptors (Lipinski definition) is 4. The number of hydrogen-bond donors (Lipinski definition) is 2. The summed E-state index contributed by atoms with van der Waals surface area (Å²) in [6, 6.07) is 0. The van der Waals surface area contributed by atoms with Crippen molar-refractivity contribution in [3.63, 3.8) is 0 Å². The van der Waals surface area contributed by atoms with Crippen LogP contribution < -0.4 is 4.72 Å². The van der Waals surface area contributed by atoms with Gasteiger partial charge in [-0.15, -0.1) is 0 Å².